The second kappa shape index (κ2) is 11.0. The van der Waals surface area contributed by atoms with Crippen LogP contribution in [0.5, 0.6) is 5.75 Å². The van der Waals surface area contributed by atoms with E-state index >= 15 is 0 Å². The number of hydrogen-bond acceptors (Lipinski definition) is 7. The summed E-state index contributed by atoms with van der Waals surface area (Å²) in [5, 5.41) is 12.2. The van der Waals surface area contributed by atoms with Crippen LogP contribution in [-0.2, 0) is 19.0 Å². The SMILES string of the molecule is CC(C)(C)OC(=O)NC(C(=O)N1CC(O)C1)c1ccc(OCCOC2CCCCO2)cc1. The van der Waals surface area contributed by atoms with Gasteiger partial charge in [0.1, 0.15) is 24.0 Å². The van der Waals surface area contributed by atoms with E-state index in [9.17, 15) is 14.7 Å². The van der Waals surface area contributed by atoms with Gasteiger partial charge >= 0.3 is 6.09 Å². The maximum Gasteiger partial charge on any atom is 0.408 e. The van der Waals surface area contributed by atoms with E-state index in [1.165, 1.54) is 4.90 Å². The second-order valence-electron chi connectivity index (χ2n) is 9.06. The molecule has 2 heterocycles. The molecule has 2 amide bonds. The lowest BCUT2D eigenvalue weighted by molar-refractivity contribution is -0.165. The highest BCUT2D eigenvalue weighted by molar-refractivity contribution is 5.87. The highest BCUT2D eigenvalue weighted by atomic mass is 16.7. The van der Waals surface area contributed by atoms with Gasteiger partial charge in [0, 0.05) is 19.7 Å². The van der Waals surface area contributed by atoms with Crippen LogP contribution in [0.25, 0.3) is 0 Å². The van der Waals surface area contributed by atoms with E-state index in [1.54, 1.807) is 45.0 Å². The number of hydrogen-bond donors (Lipinski definition) is 2. The average Bonchev–Trinajstić information content (AvgIpc) is 2.72. The van der Waals surface area contributed by atoms with Crippen LogP contribution >= 0.6 is 0 Å². The summed E-state index contributed by atoms with van der Waals surface area (Å²) < 4.78 is 22.2. The Hall–Kier alpha value is -2.36. The zero-order chi connectivity index (χ0) is 23.1. The van der Waals surface area contributed by atoms with Gasteiger partial charge in [0.2, 0.25) is 5.91 Å². The number of benzene rings is 1. The zero-order valence-corrected chi connectivity index (χ0v) is 19.0. The van der Waals surface area contributed by atoms with Crippen molar-refractivity contribution in [2.75, 3.05) is 32.9 Å². The summed E-state index contributed by atoms with van der Waals surface area (Å²) in [6.45, 7) is 7.30. The molecule has 2 atom stereocenters. The van der Waals surface area contributed by atoms with Crippen molar-refractivity contribution in [3.8, 4) is 5.75 Å². The fourth-order valence-electron chi connectivity index (χ4n) is 3.47. The molecule has 2 aliphatic heterocycles. The standard InChI is InChI=1S/C23H34N2O7/c1-23(2,3)32-22(28)24-20(21(27)25-14-17(26)15-25)16-7-9-18(10-8-16)29-12-13-31-19-6-4-5-11-30-19/h7-10,17,19-20,26H,4-6,11-15H2,1-3H3,(H,24,28). The Kier molecular flexibility index (Phi) is 8.33. The lowest BCUT2D eigenvalue weighted by Crippen LogP contribution is -2.56. The molecule has 178 valence electrons. The zero-order valence-electron chi connectivity index (χ0n) is 19.0. The largest absolute Gasteiger partial charge is 0.491 e. The summed E-state index contributed by atoms with van der Waals surface area (Å²) in [4.78, 5) is 26.7. The number of nitrogens with zero attached hydrogens (tertiary/aromatic N) is 1. The van der Waals surface area contributed by atoms with Gasteiger partial charge in [-0.25, -0.2) is 4.79 Å². The average molecular weight is 451 g/mol. The summed E-state index contributed by atoms with van der Waals surface area (Å²) in [6, 6.07) is 6.04. The number of ether oxygens (including phenoxy) is 4. The van der Waals surface area contributed by atoms with Gasteiger partial charge in [-0.15, -0.1) is 0 Å². The number of nitrogens with one attached hydrogen (secondary N) is 1. The lowest BCUT2D eigenvalue weighted by Gasteiger charge is -2.38. The molecule has 1 aromatic rings. The molecule has 0 saturated carbocycles. The van der Waals surface area contributed by atoms with E-state index in [1.807, 2.05) is 0 Å². The van der Waals surface area contributed by atoms with E-state index in [0.717, 1.165) is 25.9 Å². The topological polar surface area (TPSA) is 107 Å². The van der Waals surface area contributed by atoms with Crippen LogP contribution in [0.4, 0.5) is 4.79 Å². The predicted molar refractivity (Wildman–Crippen MR) is 116 cm³/mol. The minimum atomic E-state index is -0.918. The number of rotatable bonds is 8. The van der Waals surface area contributed by atoms with E-state index < -0.39 is 23.8 Å². The van der Waals surface area contributed by atoms with Gasteiger partial charge in [-0.05, 0) is 57.7 Å². The van der Waals surface area contributed by atoms with Gasteiger partial charge in [0.25, 0.3) is 0 Å². The molecule has 0 spiro atoms. The van der Waals surface area contributed by atoms with Gasteiger partial charge in [-0.2, -0.15) is 0 Å². The molecule has 0 aliphatic carbocycles. The molecule has 2 N–H and O–H groups in total. The molecule has 1 aromatic carbocycles. The van der Waals surface area contributed by atoms with Crippen LogP contribution in [0.1, 0.15) is 51.6 Å². The third-order valence-electron chi connectivity index (χ3n) is 5.09. The second-order valence-corrected chi connectivity index (χ2v) is 9.06. The molecule has 0 radical (unpaired) electrons. The van der Waals surface area contributed by atoms with Crippen LogP contribution < -0.4 is 10.1 Å². The molecule has 0 aromatic heterocycles. The number of carbonyl (C=O) groups excluding carboxylic acids is 2. The van der Waals surface area contributed by atoms with Crippen molar-refractivity contribution >= 4 is 12.0 Å². The van der Waals surface area contributed by atoms with Crippen molar-refractivity contribution in [2.24, 2.45) is 0 Å². The Morgan fingerprint density at radius 2 is 1.91 bits per heavy atom. The number of likely N-dealkylation sites (tertiary alicyclic amines) is 1. The summed E-state index contributed by atoms with van der Waals surface area (Å²) in [7, 11) is 0. The normalized spacial score (nSPS) is 20.2. The van der Waals surface area contributed by atoms with E-state index in [4.69, 9.17) is 18.9 Å². The fourth-order valence-corrected chi connectivity index (χ4v) is 3.47. The van der Waals surface area contributed by atoms with Gasteiger partial charge < -0.3 is 34.3 Å². The van der Waals surface area contributed by atoms with Crippen molar-refractivity contribution in [2.45, 2.75) is 64.1 Å². The number of β-amino-alcohol motifs (C(OH)–C–C–N with tert-alkyl or cyclic N) is 1. The number of carbonyl (C=O) groups is 2. The maximum atomic E-state index is 12.9. The minimum Gasteiger partial charge on any atom is -0.491 e. The molecule has 9 heteroatoms. The van der Waals surface area contributed by atoms with Crippen LogP contribution in [-0.4, -0.2) is 72.9 Å². The molecule has 0 bridgehead atoms. The Bertz CT molecular complexity index is 751. The Balaban J connectivity index is 1.56. The smallest absolute Gasteiger partial charge is 0.408 e. The maximum absolute atomic E-state index is 12.9. The first-order valence-electron chi connectivity index (χ1n) is 11.1. The van der Waals surface area contributed by atoms with Gasteiger partial charge in [0.15, 0.2) is 6.29 Å². The number of aliphatic hydroxyl groups excluding tert-OH is 1. The Morgan fingerprint density at radius 1 is 1.19 bits per heavy atom. The monoisotopic (exact) mass is 450 g/mol. The predicted octanol–water partition coefficient (Wildman–Crippen LogP) is 2.38. The Labute approximate surface area is 189 Å². The fraction of sp³-hybridized carbons (Fsp3) is 0.652. The summed E-state index contributed by atoms with van der Waals surface area (Å²) in [5.41, 5.74) is -0.0889. The quantitative estimate of drug-likeness (QED) is 0.586. The van der Waals surface area contributed by atoms with Crippen LogP contribution in [0.2, 0.25) is 0 Å². The molecule has 32 heavy (non-hydrogen) atoms. The third-order valence-corrected chi connectivity index (χ3v) is 5.09. The Morgan fingerprint density at radius 3 is 2.50 bits per heavy atom. The van der Waals surface area contributed by atoms with Crippen molar-refractivity contribution in [3.63, 3.8) is 0 Å². The van der Waals surface area contributed by atoms with Gasteiger partial charge in [0.05, 0.1) is 12.7 Å². The summed E-state index contributed by atoms with van der Waals surface area (Å²) >= 11 is 0. The minimum absolute atomic E-state index is 0.152. The summed E-state index contributed by atoms with van der Waals surface area (Å²) in [6.07, 6.45) is 1.73. The number of amides is 2. The molecular weight excluding hydrogens is 416 g/mol. The van der Waals surface area contributed by atoms with Crippen molar-refractivity contribution in [3.05, 3.63) is 29.8 Å². The summed E-state index contributed by atoms with van der Waals surface area (Å²) in [5.74, 6) is 0.334. The first kappa shape index (κ1) is 24.3. The first-order chi connectivity index (χ1) is 15.2. The van der Waals surface area contributed by atoms with Crippen molar-refractivity contribution in [1.82, 2.24) is 10.2 Å². The number of alkyl carbamates (subject to hydrolysis) is 1. The highest BCUT2D eigenvalue weighted by Gasteiger charge is 2.35. The van der Waals surface area contributed by atoms with E-state index in [-0.39, 0.29) is 25.3 Å². The number of aliphatic hydroxyl groups is 1. The van der Waals surface area contributed by atoms with Crippen LogP contribution in [0, 0.1) is 0 Å². The molecule has 2 saturated heterocycles. The van der Waals surface area contributed by atoms with Gasteiger partial charge in [-0.1, -0.05) is 12.1 Å². The molecule has 9 nitrogen and oxygen atoms in total. The van der Waals surface area contributed by atoms with Crippen LogP contribution in [0.3, 0.4) is 0 Å². The lowest BCUT2D eigenvalue weighted by atomic mass is 10.0. The highest BCUT2D eigenvalue weighted by Crippen LogP contribution is 2.23. The molecule has 3 rings (SSSR count). The van der Waals surface area contributed by atoms with Crippen LogP contribution in [0.15, 0.2) is 24.3 Å². The van der Waals surface area contributed by atoms with Gasteiger partial charge in [-0.3, -0.25) is 4.79 Å². The van der Waals surface area contributed by atoms with E-state index in [2.05, 4.69) is 5.32 Å². The van der Waals surface area contributed by atoms with Crippen molar-refractivity contribution < 1.29 is 33.6 Å². The van der Waals surface area contributed by atoms with E-state index in [0.29, 0.717) is 24.5 Å². The molecule has 2 fully saturated rings. The third kappa shape index (κ3) is 7.36. The molecule has 2 aliphatic rings. The molecule has 2 unspecified atom stereocenters. The van der Waals surface area contributed by atoms with Crippen molar-refractivity contribution in [1.29, 1.82) is 0 Å². The molecular formula is C23H34N2O7. The first-order valence-corrected chi connectivity index (χ1v) is 11.1.